The SMILES string of the molecule is CNC(C1CCC(C)CC1)C1CC(C)CC(C)C1. The molecular weight excluding hydrogens is 218 g/mol. The molecule has 0 aromatic heterocycles. The summed E-state index contributed by atoms with van der Waals surface area (Å²) in [6, 6.07) is 0.794. The van der Waals surface area contributed by atoms with E-state index >= 15 is 0 Å². The van der Waals surface area contributed by atoms with Crippen molar-refractivity contribution >= 4 is 0 Å². The highest BCUT2D eigenvalue weighted by molar-refractivity contribution is 4.89. The minimum atomic E-state index is 0.794. The molecule has 1 N–H and O–H groups in total. The Kier molecular flexibility index (Phi) is 5.12. The quantitative estimate of drug-likeness (QED) is 0.780. The molecule has 0 bridgehead atoms. The van der Waals surface area contributed by atoms with Gasteiger partial charge in [0.1, 0.15) is 0 Å². The molecule has 0 amide bonds. The largest absolute Gasteiger partial charge is 0.316 e. The Hall–Kier alpha value is -0.0400. The van der Waals surface area contributed by atoms with E-state index in [1.807, 2.05) is 0 Å². The summed E-state index contributed by atoms with van der Waals surface area (Å²) in [5.74, 6) is 4.75. The smallest absolute Gasteiger partial charge is 0.0121 e. The van der Waals surface area contributed by atoms with E-state index in [0.29, 0.717) is 0 Å². The van der Waals surface area contributed by atoms with Crippen molar-refractivity contribution in [3.05, 3.63) is 0 Å². The highest BCUT2D eigenvalue weighted by Crippen LogP contribution is 2.40. The molecule has 1 heteroatoms. The van der Waals surface area contributed by atoms with Crippen LogP contribution in [0.5, 0.6) is 0 Å². The first kappa shape index (κ1) is 14.4. The van der Waals surface area contributed by atoms with Crippen molar-refractivity contribution in [2.75, 3.05) is 7.05 Å². The molecule has 0 saturated heterocycles. The molecule has 1 nitrogen and oxygen atoms in total. The first-order valence-electron chi connectivity index (χ1n) is 8.27. The summed E-state index contributed by atoms with van der Waals surface area (Å²) < 4.78 is 0. The summed E-state index contributed by atoms with van der Waals surface area (Å²) in [4.78, 5) is 0. The van der Waals surface area contributed by atoms with E-state index in [0.717, 1.165) is 35.6 Å². The second-order valence-corrected chi connectivity index (χ2v) is 7.51. The Morgan fingerprint density at radius 1 is 0.722 bits per heavy atom. The Bertz CT molecular complexity index is 232. The molecule has 2 aliphatic carbocycles. The standard InChI is InChI=1S/C17H33N/c1-12-5-7-15(8-6-12)17(18-4)16-10-13(2)9-14(3)11-16/h12-18H,5-11H2,1-4H3. The van der Waals surface area contributed by atoms with Crippen LogP contribution in [0.15, 0.2) is 0 Å². The van der Waals surface area contributed by atoms with Gasteiger partial charge < -0.3 is 5.32 Å². The molecule has 106 valence electrons. The van der Waals surface area contributed by atoms with Crippen LogP contribution < -0.4 is 5.32 Å². The highest BCUT2D eigenvalue weighted by atomic mass is 14.9. The van der Waals surface area contributed by atoms with E-state index in [9.17, 15) is 0 Å². The van der Waals surface area contributed by atoms with Crippen LogP contribution in [0, 0.1) is 29.6 Å². The lowest BCUT2D eigenvalue weighted by Gasteiger charge is -2.42. The van der Waals surface area contributed by atoms with Gasteiger partial charge in [0.15, 0.2) is 0 Å². The lowest BCUT2D eigenvalue weighted by Crippen LogP contribution is -2.44. The summed E-state index contributed by atoms with van der Waals surface area (Å²) in [6.45, 7) is 7.34. The lowest BCUT2D eigenvalue weighted by molar-refractivity contribution is 0.122. The molecule has 3 unspecified atom stereocenters. The zero-order valence-electron chi connectivity index (χ0n) is 12.9. The fourth-order valence-corrected chi connectivity index (χ4v) is 4.80. The van der Waals surface area contributed by atoms with Gasteiger partial charge in [-0.1, -0.05) is 33.6 Å². The predicted molar refractivity (Wildman–Crippen MR) is 79.6 cm³/mol. The summed E-state index contributed by atoms with van der Waals surface area (Å²) in [5.41, 5.74) is 0. The third-order valence-electron chi connectivity index (χ3n) is 5.62. The average molecular weight is 251 g/mol. The molecule has 0 spiro atoms. The van der Waals surface area contributed by atoms with Crippen LogP contribution in [-0.4, -0.2) is 13.1 Å². The van der Waals surface area contributed by atoms with E-state index in [4.69, 9.17) is 0 Å². The molecule has 2 saturated carbocycles. The normalized spacial score (nSPS) is 43.7. The third kappa shape index (κ3) is 3.50. The Morgan fingerprint density at radius 3 is 1.78 bits per heavy atom. The maximum atomic E-state index is 3.70. The number of nitrogens with one attached hydrogen (secondary N) is 1. The van der Waals surface area contributed by atoms with Crippen molar-refractivity contribution in [2.24, 2.45) is 29.6 Å². The number of hydrogen-bond acceptors (Lipinski definition) is 1. The van der Waals surface area contributed by atoms with Crippen molar-refractivity contribution in [3.63, 3.8) is 0 Å². The lowest BCUT2D eigenvalue weighted by atomic mass is 9.68. The molecule has 0 aromatic rings. The second kappa shape index (κ2) is 6.41. The Balaban J connectivity index is 1.95. The number of hydrogen-bond donors (Lipinski definition) is 1. The first-order valence-corrected chi connectivity index (χ1v) is 8.27. The fraction of sp³-hybridized carbons (Fsp3) is 1.00. The topological polar surface area (TPSA) is 12.0 Å². The molecule has 0 aliphatic heterocycles. The van der Waals surface area contributed by atoms with Gasteiger partial charge in [-0.3, -0.25) is 0 Å². The predicted octanol–water partition coefficient (Wildman–Crippen LogP) is 4.47. The minimum Gasteiger partial charge on any atom is -0.316 e. The molecule has 3 atom stereocenters. The van der Waals surface area contributed by atoms with Gasteiger partial charge in [-0.25, -0.2) is 0 Å². The van der Waals surface area contributed by atoms with Crippen LogP contribution in [0.25, 0.3) is 0 Å². The fourth-order valence-electron chi connectivity index (χ4n) is 4.80. The second-order valence-electron chi connectivity index (χ2n) is 7.51. The van der Waals surface area contributed by atoms with Crippen molar-refractivity contribution < 1.29 is 0 Å². The van der Waals surface area contributed by atoms with Gasteiger partial charge in [-0.2, -0.15) is 0 Å². The van der Waals surface area contributed by atoms with E-state index in [-0.39, 0.29) is 0 Å². The highest BCUT2D eigenvalue weighted by Gasteiger charge is 2.34. The van der Waals surface area contributed by atoms with Crippen molar-refractivity contribution in [3.8, 4) is 0 Å². The van der Waals surface area contributed by atoms with Crippen LogP contribution in [0.2, 0.25) is 0 Å². The zero-order chi connectivity index (χ0) is 13.1. The van der Waals surface area contributed by atoms with Gasteiger partial charge >= 0.3 is 0 Å². The molecule has 2 aliphatic rings. The van der Waals surface area contributed by atoms with Crippen LogP contribution in [0.4, 0.5) is 0 Å². The summed E-state index contributed by atoms with van der Waals surface area (Å²) in [7, 11) is 2.20. The van der Waals surface area contributed by atoms with E-state index in [2.05, 4.69) is 33.1 Å². The molecule has 0 radical (unpaired) electrons. The van der Waals surface area contributed by atoms with Gasteiger partial charge in [0.2, 0.25) is 0 Å². The van der Waals surface area contributed by atoms with E-state index in [1.165, 1.54) is 44.9 Å². The molecule has 0 aromatic carbocycles. The van der Waals surface area contributed by atoms with Crippen LogP contribution in [0.3, 0.4) is 0 Å². The van der Waals surface area contributed by atoms with Gasteiger partial charge in [-0.05, 0) is 68.7 Å². The molecular formula is C17H33N. The zero-order valence-corrected chi connectivity index (χ0v) is 12.9. The summed E-state index contributed by atoms with van der Waals surface area (Å²) in [6.07, 6.45) is 10.2. The van der Waals surface area contributed by atoms with E-state index in [1.54, 1.807) is 0 Å². The number of rotatable bonds is 3. The molecule has 18 heavy (non-hydrogen) atoms. The van der Waals surface area contributed by atoms with Gasteiger partial charge in [0.05, 0.1) is 0 Å². The Morgan fingerprint density at radius 2 is 1.28 bits per heavy atom. The molecule has 0 heterocycles. The third-order valence-corrected chi connectivity index (χ3v) is 5.62. The summed E-state index contributed by atoms with van der Waals surface area (Å²) in [5, 5.41) is 3.70. The average Bonchev–Trinajstić information content (AvgIpc) is 2.31. The molecule has 2 fully saturated rings. The summed E-state index contributed by atoms with van der Waals surface area (Å²) >= 11 is 0. The first-order chi connectivity index (χ1) is 8.60. The minimum absolute atomic E-state index is 0.794. The van der Waals surface area contributed by atoms with Crippen LogP contribution in [0.1, 0.15) is 65.7 Å². The van der Waals surface area contributed by atoms with Crippen molar-refractivity contribution in [1.29, 1.82) is 0 Å². The van der Waals surface area contributed by atoms with Crippen LogP contribution >= 0.6 is 0 Å². The van der Waals surface area contributed by atoms with Gasteiger partial charge in [-0.15, -0.1) is 0 Å². The van der Waals surface area contributed by atoms with Crippen molar-refractivity contribution in [2.45, 2.75) is 71.8 Å². The molecule has 2 rings (SSSR count). The monoisotopic (exact) mass is 251 g/mol. The maximum Gasteiger partial charge on any atom is 0.0121 e. The maximum absolute atomic E-state index is 3.70. The Labute approximate surface area is 114 Å². The van der Waals surface area contributed by atoms with Gasteiger partial charge in [0, 0.05) is 6.04 Å². The van der Waals surface area contributed by atoms with Crippen molar-refractivity contribution in [1.82, 2.24) is 5.32 Å². The van der Waals surface area contributed by atoms with E-state index < -0.39 is 0 Å². The van der Waals surface area contributed by atoms with Gasteiger partial charge in [0.25, 0.3) is 0 Å². The van der Waals surface area contributed by atoms with Crippen LogP contribution in [-0.2, 0) is 0 Å².